The third kappa shape index (κ3) is 2.72. The number of aromatic nitrogens is 1. The van der Waals surface area contributed by atoms with Gasteiger partial charge in [-0.05, 0) is 43.8 Å². The van der Waals surface area contributed by atoms with Crippen LogP contribution >= 0.6 is 11.8 Å². The Bertz CT molecular complexity index is 543. The summed E-state index contributed by atoms with van der Waals surface area (Å²) in [5.74, 6) is 0. The van der Waals surface area contributed by atoms with Crippen molar-refractivity contribution >= 4 is 11.8 Å². The quantitative estimate of drug-likeness (QED) is 0.716. The van der Waals surface area contributed by atoms with Gasteiger partial charge in [-0.2, -0.15) is 13.2 Å². The summed E-state index contributed by atoms with van der Waals surface area (Å²) in [5.41, 5.74) is -1.96. The molecule has 0 spiro atoms. The van der Waals surface area contributed by atoms with Crippen LogP contribution in [0.2, 0.25) is 0 Å². The van der Waals surface area contributed by atoms with Crippen LogP contribution in [0.5, 0.6) is 0 Å². The van der Waals surface area contributed by atoms with Crippen LogP contribution in [0.3, 0.4) is 0 Å². The molecule has 5 heteroatoms. The number of hydrogen-bond donors (Lipinski definition) is 0. The summed E-state index contributed by atoms with van der Waals surface area (Å²) < 4.78 is 39.1. The van der Waals surface area contributed by atoms with Gasteiger partial charge in [-0.1, -0.05) is 18.2 Å². The first-order chi connectivity index (χ1) is 8.38. The Kier molecular flexibility index (Phi) is 3.43. The summed E-state index contributed by atoms with van der Waals surface area (Å²) in [4.78, 5) is 0.254. The highest BCUT2D eigenvalue weighted by atomic mass is 32.2. The summed E-state index contributed by atoms with van der Waals surface area (Å²) in [7, 11) is 0. The van der Waals surface area contributed by atoms with Gasteiger partial charge in [-0.3, -0.25) is 0 Å². The molecule has 1 heterocycles. The van der Waals surface area contributed by atoms with Crippen molar-refractivity contribution in [1.29, 1.82) is 0 Å². The van der Waals surface area contributed by atoms with Gasteiger partial charge in [0.05, 0.1) is 0 Å². The lowest BCUT2D eigenvalue weighted by Gasteiger charge is -2.10. The van der Waals surface area contributed by atoms with Crippen LogP contribution in [-0.4, -0.2) is 10.1 Å². The molecule has 0 aliphatic carbocycles. The monoisotopic (exact) mass is 271 g/mol. The molecular formula is C13H12F3NS. The summed E-state index contributed by atoms with van der Waals surface area (Å²) in [6, 6.07) is 10.9. The molecule has 1 nitrogen and oxygen atoms in total. The summed E-state index contributed by atoms with van der Waals surface area (Å²) in [5, 5.41) is 0. The molecule has 0 N–H and O–H groups in total. The number of thioether (sulfide) groups is 1. The Morgan fingerprint density at radius 3 is 2.22 bits per heavy atom. The van der Waals surface area contributed by atoms with Crippen LogP contribution in [0.1, 0.15) is 11.4 Å². The molecule has 18 heavy (non-hydrogen) atoms. The second kappa shape index (κ2) is 4.72. The van der Waals surface area contributed by atoms with E-state index in [0.29, 0.717) is 5.69 Å². The molecule has 2 aromatic rings. The summed E-state index contributed by atoms with van der Waals surface area (Å²) in [6.07, 6.45) is 0. The van der Waals surface area contributed by atoms with Crippen molar-refractivity contribution in [2.45, 2.75) is 24.3 Å². The second-order valence-corrected chi connectivity index (χ2v) is 5.06. The van der Waals surface area contributed by atoms with Gasteiger partial charge in [-0.25, -0.2) is 0 Å². The number of rotatable bonds is 2. The maximum absolute atomic E-state index is 12.4. The van der Waals surface area contributed by atoms with Gasteiger partial charge in [0.25, 0.3) is 0 Å². The molecule has 0 aliphatic rings. The van der Waals surface area contributed by atoms with Gasteiger partial charge >= 0.3 is 5.51 Å². The van der Waals surface area contributed by atoms with Gasteiger partial charge in [0, 0.05) is 22.0 Å². The first-order valence-electron chi connectivity index (χ1n) is 5.38. The van der Waals surface area contributed by atoms with Crippen molar-refractivity contribution in [2.75, 3.05) is 0 Å². The van der Waals surface area contributed by atoms with Gasteiger partial charge in [0.1, 0.15) is 0 Å². The Labute approximate surface area is 108 Å². The van der Waals surface area contributed by atoms with Gasteiger partial charge in [-0.15, -0.1) is 0 Å². The number of benzene rings is 1. The first-order valence-corrected chi connectivity index (χ1v) is 6.20. The van der Waals surface area contributed by atoms with Crippen LogP contribution in [0.15, 0.2) is 41.3 Å². The van der Waals surface area contributed by atoms with Crippen LogP contribution in [0, 0.1) is 13.8 Å². The zero-order valence-corrected chi connectivity index (χ0v) is 10.8. The maximum Gasteiger partial charge on any atom is 0.446 e. The number of aryl methyl sites for hydroxylation is 1. The van der Waals surface area contributed by atoms with E-state index in [1.165, 1.54) is 0 Å². The van der Waals surface area contributed by atoms with Crippen molar-refractivity contribution in [1.82, 2.24) is 4.57 Å². The molecular weight excluding hydrogens is 259 g/mol. The molecule has 0 saturated carbocycles. The Morgan fingerprint density at radius 2 is 1.67 bits per heavy atom. The first kappa shape index (κ1) is 13.1. The highest BCUT2D eigenvalue weighted by Gasteiger charge is 2.31. The van der Waals surface area contributed by atoms with Crippen molar-refractivity contribution in [3.8, 4) is 5.69 Å². The summed E-state index contributed by atoms with van der Waals surface area (Å²) >= 11 is -0.0638. The Balaban J connectivity index is 2.45. The van der Waals surface area contributed by atoms with Crippen LogP contribution < -0.4 is 0 Å². The molecule has 0 amide bonds. The smallest absolute Gasteiger partial charge is 0.317 e. The topological polar surface area (TPSA) is 4.93 Å². The molecule has 2 rings (SSSR count). The largest absolute Gasteiger partial charge is 0.446 e. The predicted octanol–water partition coefficient (Wildman–Crippen LogP) is 4.71. The molecule has 0 aliphatic heterocycles. The lowest BCUT2D eigenvalue weighted by atomic mass is 10.3. The van der Waals surface area contributed by atoms with E-state index in [2.05, 4.69) is 0 Å². The predicted molar refractivity (Wildman–Crippen MR) is 67.2 cm³/mol. The van der Waals surface area contributed by atoms with E-state index in [0.717, 1.165) is 11.4 Å². The normalized spacial score (nSPS) is 11.8. The molecule has 96 valence electrons. The number of hydrogen-bond acceptors (Lipinski definition) is 1. The fraction of sp³-hybridized carbons (Fsp3) is 0.231. The van der Waals surface area contributed by atoms with Crippen molar-refractivity contribution in [3.05, 3.63) is 47.8 Å². The number of nitrogens with zero attached hydrogens (tertiary/aromatic N) is 1. The van der Waals surface area contributed by atoms with E-state index in [-0.39, 0.29) is 16.7 Å². The molecule has 0 unspecified atom stereocenters. The maximum atomic E-state index is 12.4. The molecule has 0 saturated heterocycles. The minimum Gasteiger partial charge on any atom is -0.317 e. The third-order valence-corrected chi connectivity index (χ3v) is 3.49. The van der Waals surface area contributed by atoms with E-state index in [1.54, 1.807) is 19.9 Å². The standard InChI is InChI=1S/C13H12F3NS/c1-9-8-12(18-13(14,15)16)10(2)17(9)11-6-4-3-5-7-11/h3-8H,1-2H3. The number of para-hydroxylation sites is 1. The fourth-order valence-electron chi connectivity index (χ4n) is 1.94. The van der Waals surface area contributed by atoms with Crippen LogP contribution in [0.4, 0.5) is 13.2 Å². The second-order valence-electron chi connectivity index (χ2n) is 3.95. The molecule has 1 aromatic heterocycles. The fourth-order valence-corrected chi connectivity index (χ4v) is 2.65. The Morgan fingerprint density at radius 1 is 1.06 bits per heavy atom. The van der Waals surface area contributed by atoms with E-state index < -0.39 is 5.51 Å². The molecule has 0 radical (unpaired) electrons. The zero-order valence-electron chi connectivity index (χ0n) is 9.95. The minimum atomic E-state index is -4.25. The van der Waals surface area contributed by atoms with Crippen molar-refractivity contribution in [3.63, 3.8) is 0 Å². The van der Waals surface area contributed by atoms with Crippen LogP contribution in [0.25, 0.3) is 5.69 Å². The van der Waals surface area contributed by atoms with E-state index in [1.807, 2.05) is 34.9 Å². The zero-order chi connectivity index (χ0) is 13.3. The SMILES string of the molecule is Cc1cc(SC(F)(F)F)c(C)n1-c1ccccc1. The lowest BCUT2D eigenvalue weighted by Crippen LogP contribution is -2.01. The van der Waals surface area contributed by atoms with Crippen LogP contribution in [-0.2, 0) is 0 Å². The third-order valence-electron chi connectivity index (χ3n) is 2.62. The van der Waals surface area contributed by atoms with E-state index in [4.69, 9.17) is 0 Å². The van der Waals surface area contributed by atoms with Crippen molar-refractivity contribution in [2.24, 2.45) is 0 Å². The van der Waals surface area contributed by atoms with E-state index in [9.17, 15) is 13.2 Å². The van der Waals surface area contributed by atoms with Gasteiger partial charge in [0.15, 0.2) is 0 Å². The summed E-state index contributed by atoms with van der Waals surface area (Å²) in [6.45, 7) is 3.51. The van der Waals surface area contributed by atoms with Crippen molar-refractivity contribution < 1.29 is 13.2 Å². The Hall–Kier alpha value is -1.36. The highest BCUT2D eigenvalue weighted by molar-refractivity contribution is 8.00. The van der Waals surface area contributed by atoms with Gasteiger partial charge in [0.2, 0.25) is 0 Å². The minimum absolute atomic E-state index is 0.0638. The van der Waals surface area contributed by atoms with E-state index >= 15 is 0 Å². The highest BCUT2D eigenvalue weighted by Crippen LogP contribution is 2.40. The molecule has 0 fully saturated rings. The average molecular weight is 271 g/mol. The molecule has 0 atom stereocenters. The lowest BCUT2D eigenvalue weighted by molar-refractivity contribution is -0.0328. The molecule has 1 aromatic carbocycles. The average Bonchev–Trinajstić information content (AvgIpc) is 2.53. The molecule has 0 bridgehead atoms. The number of halogens is 3. The number of alkyl halides is 3. The van der Waals surface area contributed by atoms with Gasteiger partial charge < -0.3 is 4.57 Å².